The van der Waals surface area contributed by atoms with Crippen LogP contribution in [0.2, 0.25) is 5.02 Å². The Labute approximate surface area is 128 Å². The van der Waals surface area contributed by atoms with Crippen LogP contribution in [0.4, 0.5) is 0 Å². The molecule has 0 fully saturated rings. The number of halogens is 1. The Bertz CT molecular complexity index is 712. The van der Waals surface area contributed by atoms with E-state index in [1.165, 1.54) is 12.1 Å². The molecule has 0 saturated carbocycles. The second kappa shape index (κ2) is 6.69. The zero-order valence-electron chi connectivity index (χ0n) is 11.8. The molecule has 1 N–H and O–H groups in total. The number of hydrogen-bond donors (Lipinski definition) is 1. The molecule has 21 heavy (non-hydrogen) atoms. The first-order chi connectivity index (χ1) is 9.99. The summed E-state index contributed by atoms with van der Waals surface area (Å²) in [4.78, 5) is 2.14. The predicted molar refractivity (Wildman–Crippen MR) is 79.8 cm³/mol. The van der Waals surface area contributed by atoms with Crippen LogP contribution in [0.5, 0.6) is 0 Å². The van der Waals surface area contributed by atoms with Gasteiger partial charge in [-0.1, -0.05) is 25.4 Å². The first kappa shape index (κ1) is 16.2. The van der Waals surface area contributed by atoms with Gasteiger partial charge in [-0.25, -0.2) is 17.8 Å². The molecule has 0 spiro atoms. The molecule has 2 aromatic rings. The molecule has 0 aliphatic carbocycles. The third kappa shape index (κ3) is 3.52. The van der Waals surface area contributed by atoms with Gasteiger partial charge in [0.15, 0.2) is 11.0 Å². The quantitative estimate of drug-likeness (QED) is 0.826. The van der Waals surface area contributed by atoms with Gasteiger partial charge < -0.3 is 4.90 Å². The summed E-state index contributed by atoms with van der Waals surface area (Å²) >= 11 is 5.92. The Balaban J connectivity index is 2.19. The standard InChI is InChI=1S/C12H17ClN4O3S/c1-3-17(4-2)8-7-14-21(18,19)10-6-5-9(13)11-12(10)16-20-15-11/h5-6,14H,3-4,7-8H2,1-2H3. The summed E-state index contributed by atoms with van der Waals surface area (Å²) < 4.78 is 31.8. The van der Waals surface area contributed by atoms with Crippen molar-refractivity contribution in [2.24, 2.45) is 0 Å². The normalized spacial score (nSPS) is 12.4. The van der Waals surface area contributed by atoms with Gasteiger partial charge in [-0.3, -0.25) is 0 Å². The van der Waals surface area contributed by atoms with Crippen LogP contribution >= 0.6 is 11.6 Å². The maximum Gasteiger partial charge on any atom is 0.242 e. The first-order valence-corrected chi connectivity index (χ1v) is 8.48. The van der Waals surface area contributed by atoms with E-state index in [1.54, 1.807) is 0 Å². The molecule has 0 radical (unpaired) electrons. The summed E-state index contributed by atoms with van der Waals surface area (Å²) in [5.41, 5.74) is 0.376. The molecule has 7 nitrogen and oxygen atoms in total. The lowest BCUT2D eigenvalue weighted by Crippen LogP contribution is -2.34. The SMILES string of the molecule is CCN(CC)CCNS(=O)(=O)c1ccc(Cl)c2nonc12. The van der Waals surface area contributed by atoms with Crippen molar-refractivity contribution in [2.75, 3.05) is 26.2 Å². The van der Waals surface area contributed by atoms with Crippen molar-refractivity contribution in [3.8, 4) is 0 Å². The molecule has 116 valence electrons. The van der Waals surface area contributed by atoms with Crippen LogP contribution in [-0.4, -0.2) is 49.8 Å². The topological polar surface area (TPSA) is 88.3 Å². The highest BCUT2D eigenvalue weighted by molar-refractivity contribution is 7.89. The van der Waals surface area contributed by atoms with Crippen LogP contribution < -0.4 is 4.72 Å². The van der Waals surface area contributed by atoms with Gasteiger partial charge in [0.2, 0.25) is 10.0 Å². The first-order valence-electron chi connectivity index (χ1n) is 6.62. The number of rotatable bonds is 7. The molecule has 1 aromatic carbocycles. The number of fused-ring (bicyclic) bond motifs is 1. The van der Waals surface area contributed by atoms with Gasteiger partial charge in [0, 0.05) is 13.1 Å². The second-order valence-corrected chi connectivity index (χ2v) is 6.57. The largest absolute Gasteiger partial charge is 0.303 e. The number of sulfonamides is 1. The summed E-state index contributed by atoms with van der Waals surface area (Å²) in [5.74, 6) is 0. The lowest BCUT2D eigenvalue weighted by Gasteiger charge is -2.18. The smallest absolute Gasteiger partial charge is 0.242 e. The van der Waals surface area contributed by atoms with Crippen molar-refractivity contribution in [3.63, 3.8) is 0 Å². The molecular weight excluding hydrogens is 316 g/mol. The molecule has 2 rings (SSSR count). The number of hydrogen-bond acceptors (Lipinski definition) is 6. The van der Waals surface area contributed by atoms with Gasteiger partial charge in [-0.2, -0.15) is 0 Å². The van der Waals surface area contributed by atoms with Crippen LogP contribution in [0.1, 0.15) is 13.8 Å². The van der Waals surface area contributed by atoms with E-state index in [0.29, 0.717) is 18.1 Å². The summed E-state index contributed by atoms with van der Waals surface area (Å²) in [5, 5.41) is 7.53. The number of aromatic nitrogens is 2. The second-order valence-electron chi connectivity index (χ2n) is 4.43. The van der Waals surface area contributed by atoms with E-state index >= 15 is 0 Å². The van der Waals surface area contributed by atoms with Crippen molar-refractivity contribution in [1.29, 1.82) is 0 Å². The molecular formula is C12H17ClN4O3S. The van der Waals surface area contributed by atoms with Crippen LogP contribution in [0.3, 0.4) is 0 Å². The molecule has 1 aromatic heterocycles. The minimum atomic E-state index is -3.68. The summed E-state index contributed by atoms with van der Waals surface area (Å²) in [6.07, 6.45) is 0. The summed E-state index contributed by atoms with van der Waals surface area (Å²) in [7, 11) is -3.68. The van der Waals surface area contributed by atoms with Crippen molar-refractivity contribution in [1.82, 2.24) is 19.9 Å². The molecule has 0 atom stereocenters. The molecule has 0 bridgehead atoms. The number of nitrogens with zero attached hydrogens (tertiary/aromatic N) is 3. The molecule has 0 aliphatic heterocycles. The minimum Gasteiger partial charge on any atom is -0.303 e. The number of benzene rings is 1. The number of likely N-dealkylation sites (N-methyl/N-ethyl adjacent to an activating group) is 1. The third-order valence-corrected chi connectivity index (χ3v) is 5.03. The Hall–Kier alpha value is -1.22. The fraction of sp³-hybridized carbons (Fsp3) is 0.500. The van der Waals surface area contributed by atoms with Crippen LogP contribution in [0.15, 0.2) is 21.7 Å². The highest BCUT2D eigenvalue weighted by atomic mass is 35.5. The van der Waals surface area contributed by atoms with Crippen molar-refractivity contribution < 1.29 is 13.0 Å². The molecule has 9 heteroatoms. The highest BCUT2D eigenvalue weighted by Gasteiger charge is 2.21. The monoisotopic (exact) mass is 332 g/mol. The van der Waals surface area contributed by atoms with Crippen molar-refractivity contribution in [3.05, 3.63) is 17.2 Å². The van der Waals surface area contributed by atoms with Crippen LogP contribution in [0, 0.1) is 0 Å². The minimum absolute atomic E-state index is 0.0164. The molecule has 0 aliphatic rings. The van der Waals surface area contributed by atoms with E-state index in [0.717, 1.165) is 13.1 Å². The average molecular weight is 333 g/mol. The number of nitrogens with one attached hydrogen (secondary N) is 1. The van der Waals surface area contributed by atoms with E-state index in [9.17, 15) is 8.42 Å². The summed E-state index contributed by atoms with van der Waals surface area (Å²) in [6.45, 7) is 6.76. The van der Waals surface area contributed by atoms with Gasteiger partial charge in [0.05, 0.1) is 5.02 Å². The Morgan fingerprint density at radius 1 is 1.24 bits per heavy atom. The fourth-order valence-corrected chi connectivity index (χ4v) is 3.32. The lowest BCUT2D eigenvalue weighted by molar-refractivity contribution is 0.309. The maximum atomic E-state index is 12.3. The zero-order valence-corrected chi connectivity index (χ0v) is 13.4. The molecule has 0 unspecified atom stereocenters. The third-order valence-electron chi connectivity index (χ3n) is 3.23. The van der Waals surface area contributed by atoms with E-state index in [4.69, 9.17) is 11.6 Å². The van der Waals surface area contributed by atoms with E-state index in [2.05, 4.69) is 24.6 Å². The van der Waals surface area contributed by atoms with Crippen LogP contribution in [0.25, 0.3) is 11.0 Å². The van der Waals surface area contributed by atoms with E-state index < -0.39 is 10.0 Å². The van der Waals surface area contributed by atoms with Crippen molar-refractivity contribution >= 4 is 32.7 Å². The molecule has 1 heterocycles. The Kier molecular flexibility index (Phi) is 5.15. The molecule has 0 saturated heterocycles. The van der Waals surface area contributed by atoms with Gasteiger partial charge in [-0.15, -0.1) is 0 Å². The van der Waals surface area contributed by atoms with Gasteiger partial charge in [0.25, 0.3) is 0 Å². The summed E-state index contributed by atoms with van der Waals surface area (Å²) in [6, 6.07) is 2.86. The van der Waals surface area contributed by atoms with Gasteiger partial charge >= 0.3 is 0 Å². The highest BCUT2D eigenvalue weighted by Crippen LogP contribution is 2.26. The van der Waals surface area contributed by atoms with Gasteiger partial charge in [0.1, 0.15) is 4.90 Å². The van der Waals surface area contributed by atoms with E-state index in [-0.39, 0.29) is 15.9 Å². The Morgan fingerprint density at radius 2 is 1.90 bits per heavy atom. The predicted octanol–water partition coefficient (Wildman–Crippen LogP) is 1.50. The lowest BCUT2D eigenvalue weighted by atomic mass is 10.3. The molecule has 0 amide bonds. The van der Waals surface area contributed by atoms with E-state index in [1.807, 2.05) is 13.8 Å². The average Bonchev–Trinajstić information content (AvgIpc) is 2.94. The maximum absolute atomic E-state index is 12.3. The van der Waals surface area contributed by atoms with Crippen LogP contribution in [-0.2, 0) is 10.0 Å². The van der Waals surface area contributed by atoms with Gasteiger partial charge in [-0.05, 0) is 35.5 Å². The zero-order chi connectivity index (χ0) is 15.5. The van der Waals surface area contributed by atoms with Crippen molar-refractivity contribution in [2.45, 2.75) is 18.7 Å². The Morgan fingerprint density at radius 3 is 2.57 bits per heavy atom. The fourth-order valence-electron chi connectivity index (χ4n) is 1.99.